The van der Waals surface area contributed by atoms with E-state index in [1.807, 2.05) is 12.1 Å². The highest BCUT2D eigenvalue weighted by Crippen LogP contribution is 2.07. The zero-order chi connectivity index (χ0) is 15.2. The normalized spacial score (nSPS) is 10.2. The molecule has 0 radical (unpaired) electrons. The molecule has 1 amide bonds. The van der Waals surface area contributed by atoms with Gasteiger partial charge >= 0.3 is 5.97 Å². The van der Waals surface area contributed by atoms with Gasteiger partial charge in [-0.25, -0.2) is 4.79 Å². The van der Waals surface area contributed by atoms with Crippen LogP contribution in [0, 0.1) is 6.92 Å². The minimum Gasteiger partial charge on any atom is -0.465 e. The maximum Gasteiger partial charge on any atom is 0.337 e. The van der Waals surface area contributed by atoms with Gasteiger partial charge in [0.2, 0.25) is 0 Å². The van der Waals surface area contributed by atoms with Gasteiger partial charge in [-0.2, -0.15) is 0 Å². The molecule has 0 spiro atoms. The Morgan fingerprint density at radius 1 is 1.14 bits per heavy atom. The number of carbonyl (C=O) groups excluding carboxylic acids is 2. The van der Waals surface area contributed by atoms with Gasteiger partial charge in [-0.1, -0.05) is 12.1 Å². The molecule has 1 N–H and O–H groups in total. The number of ether oxygens (including phenoxy) is 1. The number of nitrogens with one attached hydrogen (secondary N) is 1. The molecule has 1 heterocycles. The lowest BCUT2D eigenvalue weighted by atomic mass is 10.1. The second kappa shape index (κ2) is 6.74. The predicted molar refractivity (Wildman–Crippen MR) is 77.3 cm³/mol. The van der Waals surface area contributed by atoms with Crippen molar-refractivity contribution in [2.45, 2.75) is 13.3 Å². The van der Waals surface area contributed by atoms with Crippen LogP contribution in [0.15, 0.2) is 40.8 Å². The number of esters is 1. The zero-order valence-corrected chi connectivity index (χ0v) is 12.0. The molecule has 0 bridgehead atoms. The topological polar surface area (TPSA) is 68.5 Å². The molecule has 0 aliphatic heterocycles. The van der Waals surface area contributed by atoms with E-state index in [1.54, 1.807) is 31.2 Å². The van der Waals surface area contributed by atoms with Crippen LogP contribution in [0.1, 0.15) is 32.2 Å². The Labute approximate surface area is 122 Å². The average molecular weight is 287 g/mol. The Balaban J connectivity index is 1.83. The summed E-state index contributed by atoms with van der Waals surface area (Å²) in [4.78, 5) is 23.1. The van der Waals surface area contributed by atoms with E-state index in [0.717, 1.165) is 5.56 Å². The molecule has 0 atom stereocenters. The van der Waals surface area contributed by atoms with Crippen molar-refractivity contribution in [2.75, 3.05) is 13.7 Å². The Morgan fingerprint density at radius 2 is 1.86 bits per heavy atom. The first-order valence-corrected chi connectivity index (χ1v) is 6.62. The van der Waals surface area contributed by atoms with E-state index in [4.69, 9.17) is 4.42 Å². The van der Waals surface area contributed by atoms with Crippen molar-refractivity contribution in [3.8, 4) is 0 Å². The average Bonchev–Trinajstić information content (AvgIpc) is 2.94. The lowest BCUT2D eigenvalue weighted by Crippen LogP contribution is -2.25. The molecule has 0 unspecified atom stereocenters. The molecule has 0 saturated heterocycles. The number of rotatable bonds is 5. The number of furan rings is 1. The van der Waals surface area contributed by atoms with Gasteiger partial charge in [0.15, 0.2) is 5.76 Å². The quantitative estimate of drug-likeness (QED) is 0.857. The highest BCUT2D eigenvalue weighted by molar-refractivity contribution is 5.91. The zero-order valence-electron chi connectivity index (χ0n) is 12.0. The first-order chi connectivity index (χ1) is 10.1. The Kier molecular flexibility index (Phi) is 4.77. The third-order valence-electron chi connectivity index (χ3n) is 3.04. The van der Waals surface area contributed by atoms with Gasteiger partial charge < -0.3 is 14.5 Å². The van der Waals surface area contributed by atoms with Crippen molar-refractivity contribution in [2.24, 2.45) is 0 Å². The minimum absolute atomic E-state index is 0.228. The number of hydrogen-bond acceptors (Lipinski definition) is 4. The number of carbonyl (C=O) groups is 2. The van der Waals surface area contributed by atoms with E-state index < -0.39 is 0 Å². The first kappa shape index (κ1) is 14.8. The molecule has 0 aliphatic carbocycles. The lowest BCUT2D eigenvalue weighted by molar-refractivity contribution is 0.0600. The van der Waals surface area contributed by atoms with E-state index >= 15 is 0 Å². The van der Waals surface area contributed by atoms with Gasteiger partial charge in [-0.15, -0.1) is 0 Å². The van der Waals surface area contributed by atoms with Gasteiger partial charge in [0.05, 0.1) is 12.7 Å². The smallest absolute Gasteiger partial charge is 0.337 e. The van der Waals surface area contributed by atoms with Crippen molar-refractivity contribution in [1.29, 1.82) is 0 Å². The fourth-order valence-corrected chi connectivity index (χ4v) is 1.89. The summed E-state index contributed by atoms with van der Waals surface area (Å²) in [5.74, 6) is 0.435. The molecule has 0 fully saturated rings. The summed E-state index contributed by atoms with van der Waals surface area (Å²) < 4.78 is 9.87. The van der Waals surface area contributed by atoms with Gasteiger partial charge in [0, 0.05) is 6.54 Å². The van der Waals surface area contributed by atoms with E-state index in [2.05, 4.69) is 10.1 Å². The molecule has 1 aromatic heterocycles. The maximum absolute atomic E-state index is 11.8. The highest BCUT2D eigenvalue weighted by atomic mass is 16.5. The Hall–Kier alpha value is -2.56. The Bertz CT molecular complexity index is 628. The van der Waals surface area contributed by atoms with Crippen molar-refractivity contribution in [3.63, 3.8) is 0 Å². The van der Waals surface area contributed by atoms with Gasteiger partial charge in [-0.05, 0) is 43.2 Å². The fraction of sp³-hybridized carbons (Fsp3) is 0.250. The second-order valence-electron chi connectivity index (χ2n) is 4.60. The van der Waals surface area contributed by atoms with E-state index in [-0.39, 0.29) is 11.9 Å². The summed E-state index contributed by atoms with van der Waals surface area (Å²) in [6, 6.07) is 10.5. The molecule has 1 aromatic carbocycles. The molecule has 2 aromatic rings. The SMILES string of the molecule is COC(=O)c1ccc(CCNC(=O)c2ccc(C)o2)cc1. The number of benzene rings is 1. The van der Waals surface area contributed by atoms with Crippen LogP contribution in [-0.4, -0.2) is 25.5 Å². The predicted octanol–water partition coefficient (Wildman–Crippen LogP) is 2.35. The monoisotopic (exact) mass is 287 g/mol. The molecule has 0 saturated carbocycles. The number of amides is 1. The van der Waals surface area contributed by atoms with Crippen LogP contribution in [0.25, 0.3) is 0 Å². The summed E-state index contributed by atoms with van der Waals surface area (Å²) >= 11 is 0. The number of hydrogen-bond donors (Lipinski definition) is 1. The fourth-order valence-electron chi connectivity index (χ4n) is 1.89. The van der Waals surface area contributed by atoms with Crippen LogP contribution in [0.5, 0.6) is 0 Å². The molecular weight excluding hydrogens is 270 g/mol. The third kappa shape index (κ3) is 3.95. The Morgan fingerprint density at radius 3 is 2.43 bits per heavy atom. The summed E-state index contributed by atoms with van der Waals surface area (Å²) in [6.45, 7) is 2.29. The van der Waals surface area contributed by atoms with Crippen LogP contribution >= 0.6 is 0 Å². The largest absolute Gasteiger partial charge is 0.465 e. The molecule has 110 valence electrons. The van der Waals surface area contributed by atoms with E-state index in [1.165, 1.54) is 7.11 Å². The van der Waals surface area contributed by atoms with Gasteiger partial charge in [0.1, 0.15) is 5.76 Å². The maximum atomic E-state index is 11.8. The molecule has 21 heavy (non-hydrogen) atoms. The number of aryl methyl sites for hydroxylation is 1. The van der Waals surface area contributed by atoms with Crippen LogP contribution in [-0.2, 0) is 11.2 Å². The minimum atomic E-state index is -0.358. The first-order valence-electron chi connectivity index (χ1n) is 6.62. The van der Waals surface area contributed by atoms with Crippen LogP contribution in [0.4, 0.5) is 0 Å². The van der Waals surface area contributed by atoms with Crippen LogP contribution < -0.4 is 5.32 Å². The molecular formula is C16H17NO4. The summed E-state index contributed by atoms with van der Waals surface area (Å²) in [5.41, 5.74) is 1.54. The molecule has 5 nitrogen and oxygen atoms in total. The van der Waals surface area contributed by atoms with Crippen molar-refractivity contribution in [3.05, 3.63) is 59.0 Å². The van der Waals surface area contributed by atoms with Crippen LogP contribution in [0.2, 0.25) is 0 Å². The van der Waals surface area contributed by atoms with Gasteiger partial charge in [0.25, 0.3) is 5.91 Å². The molecule has 0 aliphatic rings. The summed E-state index contributed by atoms with van der Waals surface area (Å²) in [6.07, 6.45) is 0.673. The second-order valence-corrected chi connectivity index (χ2v) is 4.60. The van der Waals surface area contributed by atoms with Crippen molar-refractivity contribution < 1.29 is 18.7 Å². The van der Waals surface area contributed by atoms with Gasteiger partial charge in [-0.3, -0.25) is 4.79 Å². The molecule has 5 heteroatoms. The molecule has 2 rings (SSSR count). The van der Waals surface area contributed by atoms with Crippen molar-refractivity contribution in [1.82, 2.24) is 5.32 Å². The summed E-state index contributed by atoms with van der Waals surface area (Å²) in [7, 11) is 1.35. The standard InChI is InChI=1S/C16H17NO4/c1-11-3-8-14(21-11)15(18)17-10-9-12-4-6-13(7-5-12)16(19)20-2/h3-8H,9-10H2,1-2H3,(H,17,18). The van der Waals surface area contributed by atoms with Crippen LogP contribution in [0.3, 0.4) is 0 Å². The van der Waals surface area contributed by atoms with E-state index in [0.29, 0.717) is 30.0 Å². The third-order valence-corrected chi connectivity index (χ3v) is 3.04. The number of methoxy groups -OCH3 is 1. The summed E-state index contributed by atoms with van der Waals surface area (Å²) in [5, 5.41) is 2.78. The lowest BCUT2D eigenvalue weighted by Gasteiger charge is -2.05. The van der Waals surface area contributed by atoms with E-state index in [9.17, 15) is 9.59 Å². The van der Waals surface area contributed by atoms with Crippen molar-refractivity contribution >= 4 is 11.9 Å². The highest BCUT2D eigenvalue weighted by Gasteiger charge is 2.09.